The fourth-order valence-corrected chi connectivity index (χ4v) is 2.63. The fraction of sp³-hybridized carbons (Fsp3) is 0.588. The van der Waals surface area contributed by atoms with Crippen molar-refractivity contribution in [1.29, 1.82) is 5.26 Å². The first-order valence-electron chi connectivity index (χ1n) is 7.79. The van der Waals surface area contributed by atoms with E-state index in [4.69, 9.17) is 10.00 Å². The zero-order valence-corrected chi connectivity index (χ0v) is 13.0. The van der Waals surface area contributed by atoms with E-state index < -0.39 is 0 Å². The third kappa shape index (κ3) is 4.95. The maximum absolute atomic E-state index is 8.51. The van der Waals surface area contributed by atoms with Crippen LogP contribution in [0.15, 0.2) is 24.3 Å². The minimum Gasteiger partial charge on any atom is -0.493 e. The Morgan fingerprint density at radius 2 is 2.33 bits per heavy atom. The highest BCUT2D eigenvalue weighted by atomic mass is 16.5. The lowest BCUT2D eigenvalue weighted by molar-refractivity contribution is 0.274. The molecule has 0 aromatic heterocycles. The van der Waals surface area contributed by atoms with Crippen molar-refractivity contribution in [2.24, 2.45) is 0 Å². The van der Waals surface area contributed by atoms with E-state index in [0.717, 1.165) is 24.4 Å². The Morgan fingerprint density at radius 1 is 1.48 bits per heavy atom. The van der Waals surface area contributed by atoms with E-state index >= 15 is 0 Å². The molecule has 1 aromatic carbocycles. The Morgan fingerprint density at radius 3 is 3.05 bits per heavy atom. The van der Waals surface area contributed by atoms with Crippen LogP contribution in [0.3, 0.4) is 0 Å². The molecule has 1 heterocycles. The summed E-state index contributed by atoms with van der Waals surface area (Å²) in [6, 6.07) is 11.4. The lowest BCUT2D eigenvalue weighted by Gasteiger charge is -2.21. The maximum Gasteiger partial charge on any atom is 0.121 e. The van der Waals surface area contributed by atoms with E-state index in [2.05, 4.69) is 36.2 Å². The summed E-state index contributed by atoms with van der Waals surface area (Å²) in [6.45, 7) is 7.36. The third-order valence-electron chi connectivity index (χ3n) is 3.86. The number of rotatable bonds is 7. The number of likely N-dealkylation sites (tertiary alicyclic amines) is 1. The Balaban J connectivity index is 1.82. The van der Waals surface area contributed by atoms with E-state index in [1.54, 1.807) is 0 Å². The highest BCUT2D eigenvalue weighted by molar-refractivity contribution is 5.49. The van der Waals surface area contributed by atoms with Gasteiger partial charge in [-0.25, -0.2) is 0 Å². The number of ether oxygens (including phenoxy) is 1. The van der Waals surface area contributed by atoms with Gasteiger partial charge < -0.3 is 10.1 Å². The highest BCUT2D eigenvalue weighted by Crippen LogP contribution is 2.21. The van der Waals surface area contributed by atoms with Crippen LogP contribution in [0.4, 0.5) is 5.69 Å². The molecule has 1 aliphatic rings. The molecule has 0 bridgehead atoms. The number of nitriles is 1. The van der Waals surface area contributed by atoms with Crippen LogP contribution < -0.4 is 10.1 Å². The first kappa shape index (κ1) is 15.7. The average Bonchev–Trinajstić information content (AvgIpc) is 2.93. The predicted molar refractivity (Wildman–Crippen MR) is 85.5 cm³/mol. The number of hydrogen-bond acceptors (Lipinski definition) is 4. The van der Waals surface area contributed by atoms with Crippen LogP contribution in [-0.4, -0.2) is 36.7 Å². The number of anilines is 1. The van der Waals surface area contributed by atoms with E-state index in [0.29, 0.717) is 25.1 Å². The summed E-state index contributed by atoms with van der Waals surface area (Å²) in [7, 11) is 0. The minimum absolute atomic E-state index is 0.515. The first-order chi connectivity index (χ1) is 10.2. The van der Waals surface area contributed by atoms with Gasteiger partial charge in [0.25, 0.3) is 0 Å². The molecule has 0 saturated carbocycles. The van der Waals surface area contributed by atoms with Crippen molar-refractivity contribution in [2.45, 2.75) is 45.2 Å². The van der Waals surface area contributed by atoms with Gasteiger partial charge in [0.15, 0.2) is 0 Å². The topological polar surface area (TPSA) is 48.3 Å². The number of hydrogen-bond donors (Lipinski definition) is 1. The normalized spacial score (nSPS) is 18.7. The molecule has 1 aromatic rings. The van der Waals surface area contributed by atoms with Crippen molar-refractivity contribution < 1.29 is 4.74 Å². The molecule has 1 saturated heterocycles. The SMILES string of the molecule is CC(C)N1CCC(Nc2cccc(OCCCC#N)c2)C1. The van der Waals surface area contributed by atoms with Crippen molar-refractivity contribution in [2.75, 3.05) is 25.0 Å². The Bertz CT molecular complexity index is 481. The molecule has 1 unspecified atom stereocenters. The molecule has 114 valence electrons. The summed E-state index contributed by atoms with van der Waals surface area (Å²) in [6.07, 6.45) is 2.51. The van der Waals surface area contributed by atoms with Gasteiger partial charge in [-0.15, -0.1) is 0 Å². The highest BCUT2D eigenvalue weighted by Gasteiger charge is 2.23. The number of nitrogens with one attached hydrogen (secondary N) is 1. The maximum atomic E-state index is 8.51. The average molecular weight is 287 g/mol. The van der Waals surface area contributed by atoms with Gasteiger partial charge in [-0.05, 0) is 38.8 Å². The van der Waals surface area contributed by atoms with E-state index in [1.165, 1.54) is 13.0 Å². The summed E-state index contributed by atoms with van der Waals surface area (Å²) in [5, 5.41) is 12.1. The molecule has 0 radical (unpaired) electrons. The summed E-state index contributed by atoms with van der Waals surface area (Å²) in [5.41, 5.74) is 1.11. The Kier molecular flexibility index (Phi) is 5.89. The predicted octanol–water partition coefficient (Wildman–Crippen LogP) is 3.26. The molecule has 1 aliphatic heterocycles. The van der Waals surface area contributed by atoms with Crippen molar-refractivity contribution in [3.05, 3.63) is 24.3 Å². The van der Waals surface area contributed by atoms with Gasteiger partial charge in [-0.1, -0.05) is 6.07 Å². The molecule has 4 nitrogen and oxygen atoms in total. The lowest BCUT2D eigenvalue weighted by atomic mass is 10.2. The molecule has 0 spiro atoms. The van der Waals surface area contributed by atoms with Crippen molar-refractivity contribution in [3.8, 4) is 11.8 Å². The van der Waals surface area contributed by atoms with E-state index in [9.17, 15) is 0 Å². The standard InChI is InChI=1S/C17H25N3O/c1-14(2)20-10-8-16(13-20)19-15-6-5-7-17(12-15)21-11-4-3-9-18/h5-7,12,14,16,19H,3-4,8,10-11,13H2,1-2H3. The second-order valence-corrected chi connectivity index (χ2v) is 5.86. The largest absolute Gasteiger partial charge is 0.493 e. The molecule has 0 aliphatic carbocycles. The molecular weight excluding hydrogens is 262 g/mol. The summed E-state index contributed by atoms with van der Waals surface area (Å²) >= 11 is 0. The molecule has 1 atom stereocenters. The fourth-order valence-electron chi connectivity index (χ4n) is 2.63. The van der Waals surface area contributed by atoms with Crippen molar-refractivity contribution >= 4 is 5.69 Å². The van der Waals surface area contributed by atoms with Crippen molar-refractivity contribution in [3.63, 3.8) is 0 Å². The smallest absolute Gasteiger partial charge is 0.121 e. The van der Waals surface area contributed by atoms with Crippen LogP contribution in [0.1, 0.15) is 33.1 Å². The van der Waals surface area contributed by atoms with Gasteiger partial charge in [0.2, 0.25) is 0 Å². The van der Waals surface area contributed by atoms with Gasteiger partial charge >= 0.3 is 0 Å². The second kappa shape index (κ2) is 7.90. The van der Waals surface area contributed by atoms with Crippen LogP contribution in [0.2, 0.25) is 0 Å². The van der Waals surface area contributed by atoms with Crippen LogP contribution in [-0.2, 0) is 0 Å². The summed E-state index contributed by atoms with van der Waals surface area (Å²) in [5.74, 6) is 0.872. The quantitative estimate of drug-likeness (QED) is 0.782. The molecule has 0 amide bonds. The zero-order valence-electron chi connectivity index (χ0n) is 13.0. The van der Waals surface area contributed by atoms with Crippen LogP contribution >= 0.6 is 0 Å². The Hall–Kier alpha value is -1.73. The molecular formula is C17H25N3O. The first-order valence-corrected chi connectivity index (χ1v) is 7.79. The van der Waals surface area contributed by atoms with E-state index in [1.807, 2.05) is 18.2 Å². The van der Waals surface area contributed by atoms with Gasteiger partial charge in [0.05, 0.1) is 12.7 Å². The third-order valence-corrected chi connectivity index (χ3v) is 3.86. The summed E-state index contributed by atoms with van der Waals surface area (Å²) < 4.78 is 5.67. The lowest BCUT2D eigenvalue weighted by Crippen LogP contribution is -2.31. The van der Waals surface area contributed by atoms with Gasteiger partial charge in [-0.2, -0.15) is 5.26 Å². The number of nitrogens with zero attached hydrogens (tertiary/aromatic N) is 2. The second-order valence-electron chi connectivity index (χ2n) is 5.86. The van der Waals surface area contributed by atoms with Gasteiger partial charge in [0, 0.05) is 43.3 Å². The molecule has 21 heavy (non-hydrogen) atoms. The molecule has 1 N–H and O–H groups in total. The summed E-state index contributed by atoms with van der Waals surface area (Å²) in [4.78, 5) is 2.50. The monoisotopic (exact) mass is 287 g/mol. The van der Waals surface area contributed by atoms with Gasteiger partial charge in [-0.3, -0.25) is 4.90 Å². The Labute approximate surface area is 127 Å². The molecule has 4 heteroatoms. The minimum atomic E-state index is 0.515. The van der Waals surface area contributed by atoms with Crippen LogP contribution in [0.5, 0.6) is 5.75 Å². The number of benzene rings is 1. The molecule has 2 rings (SSSR count). The number of unbranched alkanes of at least 4 members (excludes halogenated alkanes) is 1. The zero-order chi connectivity index (χ0) is 15.1. The van der Waals surface area contributed by atoms with Gasteiger partial charge in [0.1, 0.15) is 5.75 Å². The van der Waals surface area contributed by atoms with E-state index in [-0.39, 0.29) is 0 Å². The van der Waals surface area contributed by atoms with Crippen molar-refractivity contribution in [1.82, 2.24) is 4.90 Å². The van der Waals surface area contributed by atoms with Crippen LogP contribution in [0.25, 0.3) is 0 Å². The van der Waals surface area contributed by atoms with Crippen LogP contribution in [0, 0.1) is 11.3 Å². The molecule has 1 fully saturated rings.